The minimum atomic E-state index is -0.136. The normalized spacial score (nSPS) is 11.3. The molecule has 0 aliphatic carbocycles. The second kappa shape index (κ2) is 7.12. The Labute approximate surface area is 154 Å². The van der Waals surface area contributed by atoms with E-state index in [1.807, 2.05) is 24.4 Å². The molecule has 5 heteroatoms. The minimum absolute atomic E-state index is 0.136. The fraction of sp³-hybridized carbons (Fsp3) is 0.286. The van der Waals surface area contributed by atoms with Crippen LogP contribution in [-0.4, -0.2) is 20.5 Å². The molecule has 0 aliphatic heterocycles. The van der Waals surface area contributed by atoms with Gasteiger partial charge in [0, 0.05) is 35.2 Å². The zero-order chi connectivity index (χ0) is 18.7. The van der Waals surface area contributed by atoms with Crippen molar-refractivity contribution in [3.05, 3.63) is 59.9 Å². The maximum absolute atomic E-state index is 4.67. The fourth-order valence-corrected chi connectivity index (χ4v) is 2.70. The molecule has 0 aliphatic rings. The van der Waals surface area contributed by atoms with Crippen molar-refractivity contribution >= 4 is 17.5 Å². The summed E-state index contributed by atoms with van der Waals surface area (Å²) in [6.45, 7) is 10.4. The molecule has 2 heterocycles. The Morgan fingerprint density at radius 1 is 0.923 bits per heavy atom. The van der Waals surface area contributed by atoms with Gasteiger partial charge in [0.05, 0.1) is 5.69 Å². The lowest BCUT2D eigenvalue weighted by Gasteiger charge is -2.21. The molecule has 1 aromatic carbocycles. The molecular weight excluding hydrogens is 322 g/mol. The predicted octanol–water partition coefficient (Wildman–Crippen LogP) is 5.11. The van der Waals surface area contributed by atoms with E-state index in [1.165, 1.54) is 11.1 Å². The van der Waals surface area contributed by atoms with E-state index in [9.17, 15) is 0 Å². The van der Waals surface area contributed by atoms with Crippen LogP contribution in [0.25, 0.3) is 11.3 Å². The van der Waals surface area contributed by atoms with Crippen molar-refractivity contribution in [3.8, 4) is 11.3 Å². The zero-order valence-electron chi connectivity index (χ0n) is 16.0. The van der Waals surface area contributed by atoms with Crippen LogP contribution in [-0.2, 0) is 0 Å². The first-order chi connectivity index (χ1) is 12.3. The SMILES string of the molecule is Cc1cccc(C)c1Nc1cc(-c2cccnc2)nc(NC(C)(C)C)n1. The van der Waals surface area contributed by atoms with Gasteiger partial charge in [0.1, 0.15) is 5.82 Å². The predicted molar refractivity (Wildman–Crippen MR) is 108 cm³/mol. The smallest absolute Gasteiger partial charge is 0.225 e. The third-order valence-corrected chi connectivity index (χ3v) is 3.90. The van der Waals surface area contributed by atoms with E-state index in [1.54, 1.807) is 6.20 Å². The number of anilines is 3. The molecule has 0 bridgehead atoms. The van der Waals surface area contributed by atoms with E-state index < -0.39 is 0 Å². The zero-order valence-corrected chi connectivity index (χ0v) is 16.0. The highest BCUT2D eigenvalue weighted by atomic mass is 15.2. The standard InChI is InChI=1S/C21H25N5/c1-14-8-6-9-15(2)19(14)24-18-12-17(16-10-7-11-22-13-16)23-20(25-18)26-21(3,4)5/h6-13H,1-5H3,(H2,23,24,25,26). The highest BCUT2D eigenvalue weighted by Crippen LogP contribution is 2.27. The average molecular weight is 347 g/mol. The lowest BCUT2D eigenvalue weighted by molar-refractivity contribution is 0.626. The van der Waals surface area contributed by atoms with Crippen molar-refractivity contribution in [2.75, 3.05) is 10.6 Å². The molecule has 0 atom stereocenters. The number of hydrogen-bond donors (Lipinski definition) is 2. The number of nitrogens with zero attached hydrogens (tertiary/aromatic N) is 3. The van der Waals surface area contributed by atoms with Crippen LogP contribution in [0.4, 0.5) is 17.5 Å². The fourth-order valence-electron chi connectivity index (χ4n) is 2.70. The van der Waals surface area contributed by atoms with Crippen LogP contribution in [0.1, 0.15) is 31.9 Å². The highest BCUT2D eigenvalue weighted by molar-refractivity contribution is 5.69. The van der Waals surface area contributed by atoms with Crippen molar-refractivity contribution in [3.63, 3.8) is 0 Å². The van der Waals surface area contributed by atoms with Crippen molar-refractivity contribution in [1.29, 1.82) is 0 Å². The summed E-state index contributed by atoms with van der Waals surface area (Å²) in [5.74, 6) is 1.34. The van der Waals surface area contributed by atoms with E-state index >= 15 is 0 Å². The van der Waals surface area contributed by atoms with Crippen LogP contribution in [0.3, 0.4) is 0 Å². The van der Waals surface area contributed by atoms with Crippen LogP contribution < -0.4 is 10.6 Å². The van der Waals surface area contributed by atoms with E-state index in [0.717, 1.165) is 22.8 Å². The summed E-state index contributed by atoms with van der Waals surface area (Å²) in [5, 5.41) is 6.83. The molecule has 5 nitrogen and oxygen atoms in total. The summed E-state index contributed by atoms with van der Waals surface area (Å²) in [6.07, 6.45) is 3.57. The van der Waals surface area contributed by atoms with Crippen LogP contribution >= 0.6 is 0 Å². The molecule has 0 spiro atoms. The average Bonchev–Trinajstić information content (AvgIpc) is 2.57. The Morgan fingerprint density at radius 3 is 2.27 bits per heavy atom. The van der Waals surface area contributed by atoms with Crippen molar-refractivity contribution in [2.24, 2.45) is 0 Å². The van der Waals surface area contributed by atoms with E-state index in [0.29, 0.717) is 5.95 Å². The Morgan fingerprint density at radius 2 is 1.65 bits per heavy atom. The third kappa shape index (κ3) is 4.36. The molecule has 0 saturated carbocycles. The summed E-state index contributed by atoms with van der Waals surface area (Å²) in [4.78, 5) is 13.5. The lowest BCUT2D eigenvalue weighted by Crippen LogP contribution is -2.27. The third-order valence-electron chi connectivity index (χ3n) is 3.90. The van der Waals surface area contributed by atoms with Crippen LogP contribution in [0.2, 0.25) is 0 Å². The van der Waals surface area contributed by atoms with Gasteiger partial charge in [-0.05, 0) is 57.9 Å². The quantitative estimate of drug-likeness (QED) is 0.687. The maximum Gasteiger partial charge on any atom is 0.225 e. The van der Waals surface area contributed by atoms with Gasteiger partial charge >= 0.3 is 0 Å². The second-order valence-corrected chi connectivity index (χ2v) is 7.47. The summed E-state index contributed by atoms with van der Waals surface area (Å²) in [5.41, 5.74) is 5.08. The lowest BCUT2D eigenvalue weighted by atomic mass is 10.1. The second-order valence-electron chi connectivity index (χ2n) is 7.47. The number of para-hydroxylation sites is 1. The van der Waals surface area contributed by atoms with Crippen LogP contribution in [0.15, 0.2) is 48.8 Å². The topological polar surface area (TPSA) is 62.7 Å². The van der Waals surface area contributed by atoms with Crippen LogP contribution in [0.5, 0.6) is 0 Å². The molecule has 0 fully saturated rings. The molecule has 26 heavy (non-hydrogen) atoms. The van der Waals surface area contributed by atoms with Gasteiger partial charge in [-0.2, -0.15) is 4.98 Å². The van der Waals surface area contributed by atoms with Crippen molar-refractivity contribution < 1.29 is 0 Å². The number of hydrogen-bond acceptors (Lipinski definition) is 5. The van der Waals surface area contributed by atoms with Gasteiger partial charge in [-0.25, -0.2) is 4.98 Å². The van der Waals surface area contributed by atoms with Gasteiger partial charge < -0.3 is 10.6 Å². The van der Waals surface area contributed by atoms with E-state index in [2.05, 4.69) is 78.4 Å². The van der Waals surface area contributed by atoms with Gasteiger partial charge in [-0.1, -0.05) is 18.2 Å². The van der Waals surface area contributed by atoms with Gasteiger partial charge in [-0.3, -0.25) is 4.98 Å². The first-order valence-corrected chi connectivity index (χ1v) is 8.73. The number of aromatic nitrogens is 3. The summed E-state index contributed by atoms with van der Waals surface area (Å²) < 4.78 is 0. The summed E-state index contributed by atoms with van der Waals surface area (Å²) in [6, 6.07) is 12.1. The number of aryl methyl sites for hydroxylation is 2. The number of rotatable bonds is 4. The maximum atomic E-state index is 4.67. The van der Waals surface area contributed by atoms with Crippen molar-refractivity contribution in [2.45, 2.75) is 40.2 Å². The summed E-state index contributed by atoms with van der Waals surface area (Å²) >= 11 is 0. The largest absolute Gasteiger partial charge is 0.350 e. The van der Waals surface area contributed by atoms with Crippen molar-refractivity contribution in [1.82, 2.24) is 15.0 Å². The van der Waals surface area contributed by atoms with E-state index in [-0.39, 0.29) is 5.54 Å². The highest BCUT2D eigenvalue weighted by Gasteiger charge is 2.14. The number of nitrogens with one attached hydrogen (secondary N) is 2. The first kappa shape index (κ1) is 17.9. The van der Waals surface area contributed by atoms with Gasteiger partial charge in [0.2, 0.25) is 5.95 Å². The van der Waals surface area contributed by atoms with Gasteiger partial charge in [0.15, 0.2) is 0 Å². The molecule has 2 aromatic heterocycles. The Hall–Kier alpha value is -2.95. The minimum Gasteiger partial charge on any atom is -0.350 e. The Bertz CT molecular complexity index is 878. The number of pyridine rings is 1. The van der Waals surface area contributed by atoms with E-state index in [4.69, 9.17) is 0 Å². The molecule has 3 aromatic rings. The molecule has 0 saturated heterocycles. The molecule has 134 valence electrons. The molecular formula is C21H25N5. The molecule has 3 rings (SSSR count). The first-order valence-electron chi connectivity index (χ1n) is 8.73. The number of benzene rings is 1. The molecule has 0 amide bonds. The van der Waals surface area contributed by atoms with Crippen LogP contribution in [0, 0.1) is 13.8 Å². The molecule has 0 radical (unpaired) electrons. The monoisotopic (exact) mass is 347 g/mol. The molecule has 2 N–H and O–H groups in total. The Kier molecular flexibility index (Phi) is 4.89. The van der Waals surface area contributed by atoms with Gasteiger partial charge in [0.25, 0.3) is 0 Å². The van der Waals surface area contributed by atoms with Gasteiger partial charge in [-0.15, -0.1) is 0 Å². The molecule has 0 unspecified atom stereocenters. The Balaban J connectivity index is 2.05. The summed E-state index contributed by atoms with van der Waals surface area (Å²) in [7, 11) is 0.